The molecule has 7 nitrogen and oxygen atoms in total. The van der Waals surface area contributed by atoms with Crippen LogP contribution in [-0.4, -0.2) is 37.6 Å². The van der Waals surface area contributed by atoms with Crippen LogP contribution in [-0.2, 0) is 0 Å². The molecule has 0 spiro atoms. The van der Waals surface area contributed by atoms with Crippen LogP contribution in [0.2, 0.25) is 0 Å². The number of hydrogen-bond acceptors (Lipinski definition) is 6. The van der Waals surface area contributed by atoms with Gasteiger partial charge in [0.25, 0.3) is 0 Å². The highest BCUT2D eigenvalue weighted by Gasteiger charge is 2.26. The molecule has 3 rings (SSSR count). The molecule has 2 aromatic rings. The quantitative estimate of drug-likeness (QED) is 0.778. The molecule has 1 aliphatic rings. The predicted octanol–water partition coefficient (Wildman–Crippen LogP) is 0.0586. The Balaban J connectivity index is 1.87. The van der Waals surface area contributed by atoms with E-state index < -0.39 is 0 Å². The molecule has 1 saturated carbocycles. The van der Waals surface area contributed by atoms with Crippen molar-refractivity contribution in [3.8, 4) is 0 Å². The van der Waals surface area contributed by atoms with Crippen molar-refractivity contribution in [3.05, 3.63) is 12.4 Å². The number of nitrogens with two attached hydrogens (primary N) is 1. The molecule has 1 fully saturated rings. The van der Waals surface area contributed by atoms with Crippen LogP contribution in [0, 0.1) is 5.92 Å². The zero-order chi connectivity index (χ0) is 11.7. The summed E-state index contributed by atoms with van der Waals surface area (Å²) in [5, 5.41) is 14.9. The van der Waals surface area contributed by atoms with E-state index in [1.807, 2.05) is 0 Å². The lowest BCUT2D eigenvalue weighted by Crippen LogP contribution is -2.30. The van der Waals surface area contributed by atoms with E-state index in [-0.39, 0.29) is 0 Å². The van der Waals surface area contributed by atoms with Crippen molar-refractivity contribution in [2.75, 3.05) is 11.9 Å². The molecule has 17 heavy (non-hydrogen) atoms. The molecule has 0 saturated heterocycles. The number of rotatable bonds is 3. The van der Waals surface area contributed by atoms with E-state index in [1.54, 1.807) is 16.9 Å². The van der Waals surface area contributed by atoms with Crippen molar-refractivity contribution in [2.24, 2.45) is 11.7 Å². The van der Waals surface area contributed by atoms with Crippen molar-refractivity contribution in [1.29, 1.82) is 0 Å². The molecule has 7 heteroatoms. The van der Waals surface area contributed by atoms with E-state index in [1.165, 1.54) is 12.8 Å². The Bertz CT molecular complexity index is 508. The number of anilines is 1. The molecular formula is C10H15N7. The topological polar surface area (TPSA) is 94.0 Å². The number of nitrogens with one attached hydrogen (secondary N) is 1. The van der Waals surface area contributed by atoms with Gasteiger partial charge in [0.05, 0.1) is 12.4 Å². The minimum Gasteiger partial charge on any atom is -0.366 e. The summed E-state index contributed by atoms with van der Waals surface area (Å²) in [7, 11) is 0. The van der Waals surface area contributed by atoms with Gasteiger partial charge in [0.1, 0.15) is 0 Å². The molecule has 2 unspecified atom stereocenters. The van der Waals surface area contributed by atoms with Gasteiger partial charge >= 0.3 is 0 Å². The molecule has 90 valence electrons. The Labute approximate surface area is 98.4 Å². The number of hydrogen-bond donors (Lipinski definition) is 2. The fourth-order valence-electron chi connectivity index (χ4n) is 2.47. The summed E-state index contributed by atoms with van der Waals surface area (Å²) in [5.41, 5.74) is 6.42. The smallest absolute Gasteiger partial charge is 0.199 e. The average molecular weight is 233 g/mol. The minimum atomic E-state index is 0.400. The number of aromatic nitrogens is 5. The number of tetrazole rings is 1. The molecule has 2 heterocycles. The highest BCUT2D eigenvalue weighted by atomic mass is 15.5. The van der Waals surface area contributed by atoms with Crippen LogP contribution in [0.25, 0.3) is 5.65 Å². The first-order valence-electron chi connectivity index (χ1n) is 5.87. The molecule has 3 N–H and O–H groups in total. The van der Waals surface area contributed by atoms with Gasteiger partial charge < -0.3 is 11.1 Å². The normalized spacial score (nSPS) is 24.3. The fraction of sp³-hybridized carbons (Fsp3) is 0.600. The van der Waals surface area contributed by atoms with Gasteiger partial charge in [0, 0.05) is 6.04 Å². The Morgan fingerprint density at radius 3 is 3.24 bits per heavy atom. The van der Waals surface area contributed by atoms with Gasteiger partial charge in [-0.2, -0.15) is 4.52 Å². The second-order valence-corrected chi connectivity index (χ2v) is 4.42. The fourth-order valence-corrected chi connectivity index (χ4v) is 2.47. The number of fused-ring (bicyclic) bond motifs is 1. The molecule has 0 radical (unpaired) electrons. The monoisotopic (exact) mass is 233 g/mol. The lowest BCUT2D eigenvalue weighted by molar-refractivity contribution is 0.514. The van der Waals surface area contributed by atoms with Crippen LogP contribution in [0.4, 0.5) is 5.82 Å². The SMILES string of the molecule is NCC1CCCC1Nc1cncc2nnnn12. The Morgan fingerprint density at radius 2 is 2.35 bits per heavy atom. The van der Waals surface area contributed by atoms with Crippen LogP contribution >= 0.6 is 0 Å². The summed E-state index contributed by atoms with van der Waals surface area (Å²) in [6.45, 7) is 0.719. The van der Waals surface area contributed by atoms with Gasteiger partial charge in [0.2, 0.25) is 0 Å². The Morgan fingerprint density at radius 1 is 1.41 bits per heavy atom. The molecule has 0 aliphatic heterocycles. The largest absolute Gasteiger partial charge is 0.366 e. The van der Waals surface area contributed by atoms with Crippen molar-refractivity contribution in [1.82, 2.24) is 25.0 Å². The third kappa shape index (κ3) is 1.82. The van der Waals surface area contributed by atoms with Crippen LogP contribution in [0.15, 0.2) is 12.4 Å². The highest BCUT2D eigenvalue weighted by molar-refractivity contribution is 5.44. The third-order valence-electron chi connectivity index (χ3n) is 3.40. The van der Waals surface area contributed by atoms with Gasteiger partial charge in [-0.15, -0.1) is 5.10 Å². The predicted molar refractivity (Wildman–Crippen MR) is 62.4 cm³/mol. The van der Waals surface area contributed by atoms with E-state index in [4.69, 9.17) is 5.73 Å². The first kappa shape index (κ1) is 10.4. The first-order chi connectivity index (χ1) is 8.38. The molecule has 0 bridgehead atoms. The molecule has 2 aromatic heterocycles. The summed E-state index contributed by atoms with van der Waals surface area (Å²) in [6, 6.07) is 0.400. The van der Waals surface area contributed by atoms with E-state index >= 15 is 0 Å². The van der Waals surface area contributed by atoms with Crippen molar-refractivity contribution in [3.63, 3.8) is 0 Å². The van der Waals surface area contributed by atoms with Gasteiger partial charge in [0.15, 0.2) is 11.5 Å². The van der Waals surface area contributed by atoms with E-state index in [0.29, 0.717) is 17.6 Å². The lowest BCUT2D eigenvalue weighted by Gasteiger charge is -2.20. The summed E-state index contributed by atoms with van der Waals surface area (Å²) in [5.74, 6) is 1.36. The molecular weight excluding hydrogens is 218 g/mol. The van der Waals surface area contributed by atoms with Crippen molar-refractivity contribution in [2.45, 2.75) is 25.3 Å². The zero-order valence-corrected chi connectivity index (χ0v) is 9.45. The van der Waals surface area contributed by atoms with Crippen molar-refractivity contribution >= 4 is 11.5 Å². The van der Waals surface area contributed by atoms with Crippen LogP contribution in [0.3, 0.4) is 0 Å². The summed E-state index contributed by atoms with van der Waals surface area (Å²) in [6.07, 6.45) is 6.93. The molecule has 0 aromatic carbocycles. The maximum absolute atomic E-state index is 5.77. The maximum Gasteiger partial charge on any atom is 0.199 e. The minimum absolute atomic E-state index is 0.400. The van der Waals surface area contributed by atoms with Crippen LogP contribution in [0.5, 0.6) is 0 Å². The zero-order valence-electron chi connectivity index (χ0n) is 9.45. The van der Waals surface area contributed by atoms with Crippen LogP contribution < -0.4 is 11.1 Å². The van der Waals surface area contributed by atoms with Gasteiger partial charge in [-0.3, -0.25) is 4.98 Å². The second kappa shape index (κ2) is 4.25. The average Bonchev–Trinajstić information content (AvgIpc) is 2.97. The standard InChI is InChI=1S/C10H15N7/c11-4-7-2-1-3-8(7)13-9-5-12-6-10-14-15-16-17(9)10/h5-8,13H,1-4,11H2. The highest BCUT2D eigenvalue weighted by Crippen LogP contribution is 2.27. The van der Waals surface area contributed by atoms with E-state index in [9.17, 15) is 0 Å². The van der Waals surface area contributed by atoms with E-state index in [2.05, 4.69) is 25.8 Å². The second-order valence-electron chi connectivity index (χ2n) is 4.42. The molecule has 1 aliphatic carbocycles. The van der Waals surface area contributed by atoms with Gasteiger partial charge in [-0.1, -0.05) is 6.42 Å². The van der Waals surface area contributed by atoms with Crippen molar-refractivity contribution < 1.29 is 0 Å². The first-order valence-corrected chi connectivity index (χ1v) is 5.87. The maximum atomic E-state index is 5.77. The van der Waals surface area contributed by atoms with E-state index in [0.717, 1.165) is 18.8 Å². The van der Waals surface area contributed by atoms with Gasteiger partial charge in [-0.05, 0) is 35.7 Å². The molecule has 0 amide bonds. The summed E-state index contributed by atoms with van der Waals surface area (Å²) < 4.78 is 1.67. The molecule has 2 atom stereocenters. The van der Waals surface area contributed by atoms with Gasteiger partial charge in [-0.25, -0.2) is 0 Å². The Hall–Kier alpha value is -1.76. The summed E-state index contributed by atoms with van der Waals surface area (Å²) in [4.78, 5) is 4.12. The number of nitrogens with zero attached hydrogens (tertiary/aromatic N) is 5. The van der Waals surface area contributed by atoms with Crippen LogP contribution in [0.1, 0.15) is 19.3 Å². The summed E-state index contributed by atoms with van der Waals surface area (Å²) >= 11 is 0. The third-order valence-corrected chi connectivity index (χ3v) is 3.40. The Kier molecular flexibility index (Phi) is 2.60. The lowest BCUT2D eigenvalue weighted by atomic mass is 10.0.